The number of nitrogens with one attached hydrogen (secondary N) is 1. The van der Waals surface area contributed by atoms with Crippen molar-refractivity contribution in [1.82, 2.24) is 0 Å². The molecule has 1 aromatic rings. The molecular formula is C10H12N2. The number of nitrogens with two attached hydrogens (primary N) is 1. The van der Waals surface area contributed by atoms with Crippen LogP contribution in [-0.4, -0.2) is 5.71 Å². The summed E-state index contributed by atoms with van der Waals surface area (Å²) in [7, 11) is 0. The zero-order chi connectivity index (χ0) is 8.97. The second-order valence-corrected chi connectivity index (χ2v) is 2.56. The summed E-state index contributed by atoms with van der Waals surface area (Å²) in [5, 5.41) is 7.62. The summed E-state index contributed by atoms with van der Waals surface area (Å²) in [5.74, 6) is 0. The van der Waals surface area contributed by atoms with E-state index < -0.39 is 0 Å². The van der Waals surface area contributed by atoms with Crippen molar-refractivity contribution in [3.63, 3.8) is 0 Å². The summed E-state index contributed by atoms with van der Waals surface area (Å²) >= 11 is 0. The molecule has 0 saturated heterocycles. The Morgan fingerprint density at radius 2 is 2.17 bits per heavy atom. The van der Waals surface area contributed by atoms with Crippen molar-refractivity contribution >= 4 is 11.4 Å². The van der Waals surface area contributed by atoms with Crippen LogP contribution in [0.25, 0.3) is 0 Å². The van der Waals surface area contributed by atoms with Gasteiger partial charge in [0, 0.05) is 23.4 Å². The number of para-hydroxylation sites is 1. The third-order valence-electron chi connectivity index (χ3n) is 1.63. The molecule has 62 valence electrons. The molecule has 0 saturated carbocycles. The topological polar surface area (TPSA) is 49.9 Å². The van der Waals surface area contributed by atoms with Gasteiger partial charge in [0.2, 0.25) is 0 Å². The maximum Gasteiger partial charge on any atom is 0.0444 e. The predicted molar refractivity (Wildman–Crippen MR) is 52.5 cm³/mol. The summed E-state index contributed by atoms with van der Waals surface area (Å²) < 4.78 is 0. The van der Waals surface area contributed by atoms with Crippen molar-refractivity contribution in [2.75, 3.05) is 5.73 Å². The molecule has 0 aliphatic carbocycles. The Balaban J connectivity index is 2.94. The second-order valence-electron chi connectivity index (χ2n) is 2.56. The van der Waals surface area contributed by atoms with Crippen LogP contribution in [0.5, 0.6) is 0 Å². The van der Waals surface area contributed by atoms with Crippen LogP contribution in [0.3, 0.4) is 0 Å². The average Bonchev–Trinajstić information content (AvgIpc) is 2.05. The van der Waals surface area contributed by atoms with Gasteiger partial charge in [-0.3, -0.25) is 0 Å². The SMILES string of the molecule is C=CCC(=N)c1ccccc1N. The van der Waals surface area contributed by atoms with E-state index in [0.717, 1.165) is 5.56 Å². The highest BCUT2D eigenvalue weighted by Gasteiger charge is 2.01. The quantitative estimate of drug-likeness (QED) is 0.397. The van der Waals surface area contributed by atoms with Gasteiger partial charge in [-0.15, -0.1) is 6.58 Å². The van der Waals surface area contributed by atoms with Crippen molar-refractivity contribution in [2.45, 2.75) is 6.42 Å². The molecule has 0 amide bonds. The zero-order valence-corrected chi connectivity index (χ0v) is 6.88. The summed E-state index contributed by atoms with van der Waals surface area (Å²) in [5.41, 5.74) is 7.65. The Morgan fingerprint density at radius 3 is 2.75 bits per heavy atom. The maximum absolute atomic E-state index is 7.62. The van der Waals surface area contributed by atoms with Crippen LogP contribution in [-0.2, 0) is 0 Å². The van der Waals surface area contributed by atoms with E-state index >= 15 is 0 Å². The molecule has 0 unspecified atom stereocenters. The van der Waals surface area contributed by atoms with Gasteiger partial charge in [0.05, 0.1) is 0 Å². The smallest absolute Gasteiger partial charge is 0.0444 e. The van der Waals surface area contributed by atoms with Gasteiger partial charge in [-0.05, 0) is 6.07 Å². The molecule has 0 spiro atoms. The lowest BCUT2D eigenvalue weighted by atomic mass is 10.1. The first-order valence-electron chi connectivity index (χ1n) is 3.79. The first kappa shape index (κ1) is 8.53. The van der Waals surface area contributed by atoms with Crippen molar-refractivity contribution in [3.05, 3.63) is 42.5 Å². The van der Waals surface area contributed by atoms with Crippen LogP contribution in [0.15, 0.2) is 36.9 Å². The fourth-order valence-corrected chi connectivity index (χ4v) is 1.03. The largest absolute Gasteiger partial charge is 0.398 e. The fraction of sp³-hybridized carbons (Fsp3) is 0.100. The highest BCUT2D eigenvalue weighted by molar-refractivity contribution is 6.03. The van der Waals surface area contributed by atoms with Gasteiger partial charge in [0.25, 0.3) is 0 Å². The molecule has 0 aromatic heterocycles. The van der Waals surface area contributed by atoms with Crippen molar-refractivity contribution in [2.24, 2.45) is 0 Å². The molecule has 1 rings (SSSR count). The second kappa shape index (κ2) is 3.72. The van der Waals surface area contributed by atoms with E-state index in [2.05, 4.69) is 6.58 Å². The van der Waals surface area contributed by atoms with Gasteiger partial charge < -0.3 is 11.1 Å². The van der Waals surface area contributed by atoms with Crippen LogP contribution < -0.4 is 5.73 Å². The van der Waals surface area contributed by atoms with Gasteiger partial charge in [-0.2, -0.15) is 0 Å². The molecule has 0 bridgehead atoms. The first-order valence-corrected chi connectivity index (χ1v) is 3.79. The number of allylic oxidation sites excluding steroid dienone is 1. The lowest BCUT2D eigenvalue weighted by Crippen LogP contribution is -2.01. The maximum atomic E-state index is 7.62. The molecule has 0 atom stereocenters. The first-order chi connectivity index (χ1) is 5.75. The zero-order valence-electron chi connectivity index (χ0n) is 6.88. The number of hydrogen-bond acceptors (Lipinski definition) is 2. The Hall–Kier alpha value is -1.57. The van der Waals surface area contributed by atoms with Gasteiger partial charge >= 0.3 is 0 Å². The minimum Gasteiger partial charge on any atom is -0.398 e. The number of hydrogen-bond donors (Lipinski definition) is 2. The average molecular weight is 160 g/mol. The highest BCUT2D eigenvalue weighted by Crippen LogP contribution is 2.12. The molecule has 0 heterocycles. The number of nitrogen functional groups attached to an aromatic ring is 1. The van der Waals surface area contributed by atoms with E-state index in [-0.39, 0.29) is 0 Å². The van der Waals surface area contributed by atoms with E-state index in [1.54, 1.807) is 12.1 Å². The Labute approximate surface area is 72.2 Å². The molecule has 0 radical (unpaired) electrons. The van der Waals surface area contributed by atoms with Gasteiger partial charge in [0.15, 0.2) is 0 Å². The lowest BCUT2D eigenvalue weighted by Gasteiger charge is -2.03. The van der Waals surface area contributed by atoms with Gasteiger partial charge in [-0.1, -0.05) is 24.3 Å². The van der Waals surface area contributed by atoms with Crippen molar-refractivity contribution in [1.29, 1.82) is 5.41 Å². The van der Waals surface area contributed by atoms with E-state index in [1.165, 1.54) is 0 Å². The summed E-state index contributed by atoms with van der Waals surface area (Å²) in [4.78, 5) is 0. The normalized spacial score (nSPS) is 9.33. The Morgan fingerprint density at radius 1 is 1.50 bits per heavy atom. The molecular weight excluding hydrogens is 148 g/mol. The molecule has 0 aliphatic heterocycles. The van der Waals surface area contributed by atoms with Crippen LogP contribution in [0.4, 0.5) is 5.69 Å². The van der Waals surface area contributed by atoms with Crippen LogP contribution in [0.1, 0.15) is 12.0 Å². The Kier molecular flexibility index (Phi) is 2.64. The number of anilines is 1. The monoisotopic (exact) mass is 160 g/mol. The summed E-state index contributed by atoms with van der Waals surface area (Å²) in [6.07, 6.45) is 2.27. The number of benzene rings is 1. The fourth-order valence-electron chi connectivity index (χ4n) is 1.03. The molecule has 0 fully saturated rings. The standard InChI is InChI=1S/C10H12N2/c1-2-5-9(11)8-6-3-4-7-10(8)12/h2-4,6-7,11H,1,5,12H2. The summed E-state index contributed by atoms with van der Waals surface area (Å²) in [6, 6.07) is 7.39. The minimum atomic E-state index is 0.517. The molecule has 3 N–H and O–H groups in total. The van der Waals surface area contributed by atoms with E-state index in [4.69, 9.17) is 11.1 Å². The Bertz CT molecular complexity index is 302. The molecule has 0 aliphatic rings. The van der Waals surface area contributed by atoms with E-state index in [0.29, 0.717) is 17.8 Å². The van der Waals surface area contributed by atoms with Gasteiger partial charge in [-0.25, -0.2) is 0 Å². The lowest BCUT2D eigenvalue weighted by molar-refractivity contribution is 1.36. The summed E-state index contributed by atoms with van der Waals surface area (Å²) in [6.45, 7) is 3.57. The van der Waals surface area contributed by atoms with Crippen LogP contribution in [0.2, 0.25) is 0 Å². The molecule has 1 aromatic carbocycles. The minimum absolute atomic E-state index is 0.517. The van der Waals surface area contributed by atoms with Crippen molar-refractivity contribution in [3.8, 4) is 0 Å². The third kappa shape index (κ3) is 1.72. The van der Waals surface area contributed by atoms with Crippen LogP contribution >= 0.6 is 0 Å². The third-order valence-corrected chi connectivity index (χ3v) is 1.63. The molecule has 2 heteroatoms. The van der Waals surface area contributed by atoms with E-state index in [1.807, 2.05) is 18.2 Å². The highest BCUT2D eigenvalue weighted by atomic mass is 14.6. The van der Waals surface area contributed by atoms with Crippen LogP contribution in [0, 0.1) is 5.41 Å². The number of rotatable bonds is 3. The van der Waals surface area contributed by atoms with E-state index in [9.17, 15) is 0 Å². The molecule has 12 heavy (non-hydrogen) atoms. The predicted octanol–water partition coefficient (Wildman–Crippen LogP) is 2.21. The van der Waals surface area contributed by atoms with Gasteiger partial charge in [0.1, 0.15) is 0 Å². The molecule has 2 nitrogen and oxygen atoms in total. The van der Waals surface area contributed by atoms with Crippen molar-refractivity contribution < 1.29 is 0 Å².